The number of hydrogen-bond donors (Lipinski definition) is 1. The Labute approximate surface area is 160 Å². The van der Waals surface area contributed by atoms with Crippen LogP contribution in [-0.4, -0.2) is 26.1 Å². The van der Waals surface area contributed by atoms with Crippen LogP contribution in [0, 0.1) is 0 Å². The third-order valence-corrected chi connectivity index (χ3v) is 5.88. The van der Waals surface area contributed by atoms with Gasteiger partial charge in [0.25, 0.3) is 0 Å². The van der Waals surface area contributed by atoms with E-state index in [1.165, 1.54) is 12.1 Å². The molecule has 0 saturated carbocycles. The number of carboxylic acid groups (broad SMARTS) is 1. The summed E-state index contributed by atoms with van der Waals surface area (Å²) in [5.74, 6) is -0.653. The molecular weight excluding hydrogens is 364 g/mol. The maximum atomic E-state index is 13.0. The van der Waals surface area contributed by atoms with Crippen molar-refractivity contribution < 1.29 is 23.1 Å². The first-order chi connectivity index (χ1) is 12.9. The Kier molecular flexibility index (Phi) is 7.42. The highest BCUT2D eigenvalue weighted by molar-refractivity contribution is 7.91. The summed E-state index contributed by atoms with van der Waals surface area (Å²) >= 11 is 0. The highest BCUT2D eigenvalue weighted by Gasteiger charge is 2.20. The lowest BCUT2D eigenvalue weighted by Gasteiger charge is -2.11. The van der Waals surface area contributed by atoms with Gasteiger partial charge >= 0.3 is 5.97 Å². The number of hydrogen-bond acceptors (Lipinski definition) is 4. The molecule has 6 heteroatoms. The van der Waals surface area contributed by atoms with E-state index in [9.17, 15) is 13.2 Å². The van der Waals surface area contributed by atoms with Gasteiger partial charge in [0, 0.05) is 0 Å². The van der Waals surface area contributed by atoms with E-state index in [1.54, 1.807) is 18.2 Å². The van der Waals surface area contributed by atoms with Gasteiger partial charge in [-0.1, -0.05) is 32.4 Å². The van der Waals surface area contributed by atoms with E-state index < -0.39 is 15.8 Å². The minimum absolute atomic E-state index is 0.0497. The van der Waals surface area contributed by atoms with Crippen LogP contribution < -0.4 is 4.74 Å². The maximum Gasteiger partial charge on any atom is 0.307 e. The van der Waals surface area contributed by atoms with Crippen molar-refractivity contribution in [3.05, 3.63) is 53.6 Å². The van der Waals surface area contributed by atoms with E-state index in [0.29, 0.717) is 17.9 Å². The first-order valence-electron chi connectivity index (χ1n) is 9.19. The van der Waals surface area contributed by atoms with Gasteiger partial charge in [0.15, 0.2) is 0 Å². The number of unbranched alkanes of at least 4 members (excludes halogenated alkanes) is 1. The van der Waals surface area contributed by atoms with Crippen LogP contribution in [0.15, 0.2) is 52.3 Å². The highest BCUT2D eigenvalue weighted by atomic mass is 32.2. The summed E-state index contributed by atoms with van der Waals surface area (Å²) in [4.78, 5) is 11.3. The molecule has 0 heterocycles. The molecule has 0 aliphatic rings. The largest absolute Gasteiger partial charge is 0.494 e. The number of carbonyl (C=O) groups is 1. The number of benzene rings is 2. The molecule has 2 aromatic rings. The zero-order chi connectivity index (χ0) is 19.9. The lowest BCUT2D eigenvalue weighted by Crippen LogP contribution is -2.07. The summed E-state index contributed by atoms with van der Waals surface area (Å²) < 4.78 is 31.6. The van der Waals surface area contributed by atoms with Crippen LogP contribution in [0.2, 0.25) is 0 Å². The van der Waals surface area contributed by atoms with Crippen molar-refractivity contribution in [2.24, 2.45) is 0 Å². The topological polar surface area (TPSA) is 80.7 Å². The number of rotatable bonds is 10. The summed E-state index contributed by atoms with van der Waals surface area (Å²) in [6, 6.07) is 11.3. The van der Waals surface area contributed by atoms with Crippen LogP contribution in [0.3, 0.4) is 0 Å². The van der Waals surface area contributed by atoms with Gasteiger partial charge in [-0.15, -0.1) is 0 Å². The number of aryl methyl sites for hydroxylation is 1. The van der Waals surface area contributed by atoms with Crippen LogP contribution in [0.4, 0.5) is 0 Å². The van der Waals surface area contributed by atoms with Gasteiger partial charge in [-0.25, -0.2) is 8.42 Å². The van der Waals surface area contributed by atoms with Crippen LogP contribution in [0.25, 0.3) is 0 Å². The molecule has 0 aliphatic carbocycles. The minimum atomic E-state index is -3.76. The van der Waals surface area contributed by atoms with E-state index in [-0.39, 0.29) is 16.2 Å². The fourth-order valence-electron chi connectivity index (χ4n) is 2.72. The molecule has 2 rings (SSSR count). The average Bonchev–Trinajstić information content (AvgIpc) is 2.64. The fourth-order valence-corrected chi connectivity index (χ4v) is 4.06. The molecule has 1 N–H and O–H groups in total. The van der Waals surface area contributed by atoms with E-state index in [2.05, 4.69) is 6.92 Å². The normalized spacial score (nSPS) is 11.3. The first-order valence-corrected chi connectivity index (χ1v) is 10.7. The lowest BCUT2D eigenvalue weighted by molar-refractivity contribution is -0.136. The number of carboxylic acids is 1. The van der Waals surface area contributed by atoms with Crippen molar-refractivity contribution >= 4 is 15.8 Å². The molecule has 146 valence electrons. The van der Waals surface area contributed by atoms with Crippen LogP contribution >= 0.6 is 0 Å². The Hall–Kier alpha value is -2.34. The second kappa shape index (κ2) is 9.55. The average molecular weight is 391 g/mol. The molecule has 0 amide bonds. The van der Waals surface area contributed by atoms with Crippen molar-refractivity contribution in [2.75, 3.05) is 6.61 Å². The van der Waals surface area contributed by atoms with Crippen LogP contribution in [0.5, 0.6) is 5.75 Å². The Balaban J connectivity index is 2.39. The van der Waals surface area contributed by atoms with Crippen molar-refractivity contribution in [3.8, 4) is 5.75 Å². The van der Waals surface area contributed by atoms with Gasteiger partial charge in [-0.05, 0) is 60.7 Å². The predicted octanol–water partition coefficient (Wildman–Crippen LogP) is 4.28. The van der Waals surface area contributed by atoms with Crippen molar-refractivity contribution in [1.29, 1.82) is 0 Å². The second-order valence-electron chi connectivity index (χ2n) is 6.48. The molecule has 5 nitrogen and oxygen atoms in total. The van der Waals surface area contributed by atoms with E-state index >= 15 is 0 Å². The Morgan fingerprint density at radius 2 is 1.67 bits per heavy atom. The standard InChI is InChI=1S/C21H26O5S/c1-3-5-6-16-7-9-19(10-8-16)27(24,25)20-13-17(14-21(22)23)12-18(15-20)26-11-4-2/h7-10,12-13,15H,3-6,11,14H2,1-2H3,(H,22,23). The Bertz CT molecular complexity index is 870. The monoisotopic (exact) mass is 390 g/mol. The van der Waals surface area contributed by atoms with E-state index in [0.717, 1.165) is 31.2 Å². The van der Waals surface area contributed by atoms with Gasteiger partial charge < -0.3 is 9.84 Å². The zero-order valence-corrected chi connectivity index (χ0v) is 16.6. The molecule has 0 radical (unpaired) electrons. The van der Waals surface area contributed by atoms with Crippen molar-refractivity contribution in [2.45, 2.75) is 55.7 Å². The number of aliphatic carboxylic acids is 1. The summed E-state index contributed by atoms with van der Waals surface area (Å²) in [6.45, 7) is 4.49. The molecule has 0 bridgehead atoms. The first kappa shape index (κ1) is 21.0. The van der Waals surface area contributed by atoms with Crippen molar-refractivity contribution in [3.63, 3.8) is 0 Å². The van der Waals surface area contributed by atoms with Crippen molar-refractivity contribution in [1.82, 2.24) is 0 Å². The number of sulfone groups is 1. The molecule has 0 fully saturated rings. The molecule has 0 atom stereocenters. The molecular formula is C21H26O5S. The van der Waals surface area contributed by atoms with Crippen LogP contribution in [0.1, 0.15) is 44.2 Å². The fraction of sp³-hybridized carbons (Fsp3) is 0.381. The molecule has 0 aromatic heterocycles. The second-order valence-corrected chi connectivity index (χ2v) is 8.43. The summed E-state index contributed by atoms with van der Waals surface area (Å²) in [5.41, 5.74) is 1.50. The minimum Gasteiger partial charge on any atom is -0.494 e. The third-order valence-electron chi connectivity index (χ3n) is 4.13. The smallest absolute Gasteiger partial charge is 0.307 e. The van der Waals surface area contributed by atoms with Gasteiger partial charge in [0.1, 0.15) is 5.75 Å². The molecule has 0 saturated heterocycles. The highest BCUT2D eigenvalue weighted by Crippen LogP contribution is 2.27. The van der Waals surface area contributed by atoms with E-state index in [1.807, 2.05) is 19.1 Å². The predicted molar refractivity (Wildman–Crippen MR) is 104 cm³/mol. The molecule has 0 spiro atoms. The molecule has 27 heavy (non-hydrogen) atoms. The van der Waals surface area contributed by atoms with Gasteiger partial charge in [-0.3, -0.25) is 4.79 Å². The Morgan fingerprint density at radius 3 is 2.26 bits per heavy atom. The van der Waals surface area contributed by atoms with Gasteiger partial charge in [0.2, 0.25) is 9.84 Å². The SMILES string of the molecule is CCCCc1ccc(S(=O)(=O)c2cc(CC(=O)O)cc(OCCC)c2)cc1. The molecule has 2 aromatic carbocycles. The molecule has 0 aliphatic heterocycles. The third kappa shape index (κ3) is 5.82. The van der Waals surface area contributed by atoms with Gasteiger partial charge in [-0.2, -0.15) is 0 Å². The van der Waals surface area contributed by atoms with Crippen LogP contribution in [-0.2, 0) is 27.5 Å². The van der Waals surface area contributed by atoms with Gasteiger partial charge in [0.05, 0.1) is 22.8 Å². The molecule has 0 unspecified atom stereocenters. The zero-order valence-electron chi connectivity index (χ0n) is 15.8. The summed E-state index contributed by atoms with van der Waals surface area (Å²) in [5, 5.41) is 9.06. The lowest BCUT2D eigenvalue weighted by atomic mass is 10.1. The summed E-state index contributed by atoms with van der Waals surface area (Å²) in [6.07, 6.45) is 3.56. The van der Waals surface area contributed by atoms with E-state index in [4.69, 9.17) is 9.84 Å². The quantitative estimate of drug-likeness (QED) is 0.655. The Morgan fingerprint density at radius 1 is 0.963 bits per heavy atom. The maximum absolute atomic E-state index is 13.0. The summed E-state index contributed by atoms with van der Waals surface area (Å²) in [7, 11) is -3.76. The number of ether oxygens (including phenoxy) is 1.